The maximum Gasteiger partial charge on any atom is 0.417 e. The molecule has 4 aromatic rings. The summed E-state index contributed by atoms with van der Waals surface area (Å²) >= 11 is 0. The number of aliphatic hydroxyl groups excluding tert-OH is 1. The molecule has 10 heteroatoms. The third-order valence-electron chi connectivity index (χ3n) is 4.29. The summed E-state index contributed by atoms with van der Waals surface area (Å²) in [5, 5.41) is 17.4. The van der Waals surface area contributed by atoms with Gasteiger partial charge < -0.3 is 10.4 Å². The van der Waals surface area contributed by atoms with E-state index in [1.54, 1.807) is 19.1 Å². The van der Waals surface area contributed by atoms with Crippen LogP contribution in [0.1, 0.15) is 23.2 Å². The molecular formula is C19H15F3N6O. The molecule has 0 radical (unpaired) electrons. The SMILES string of the molecule is Cc1cc2ncc(NC(O)c3ncccn3)n2nc1-c1ccccc1C(F)(F)F. The zero-order valence-electron chi connectivity index (χ0n) is 15.1. The van der Waals surface area contributed by atoms with Crippen LogP contribution in [0.3, 0.4) is 0 Å². The number of anilines is 1. The molecule has 1 atom stereocenters. The maximum absolute atomic E-state index is 13.5. The van der Waals surface area contributed by atoms with Crippen molar-refractivity contribution in [3.63, 3.8) is 0 Å². The van der Waals surface area contributed by atoms with Gasteiger partial charge in [0.1, 0.15) is 0 Å². The monoisotopic (exact) mass is 400 g/mol. The van der Waals surface area contributed by atoms with Crippen LogP contribution in [0.2, 0.25) is 0 Å². The predicted molar refractivity (Wildman–Crippen MR) is 98.8 cm³/mol. The fourth-order valence-electron chi connectivity index (χ4n) is 2.96. The molecule has 0 aliphatic heterocycles. The summed E-state index contributed by atoms with van der Waals surface area (Å²) in [5.41, 5.74) is 0.308. The number of nitrogens with zero attached hydrogens (tertiary/aromatic N) is 5. The number of rotatable bonds is 4. The number of hydrogen-bond acceptors (Lipinski definition) is 6. The Morgan fingerprint density at radius 3 is 2.52 bits per heavy atom. The van der Waals surface area contributed by atoms with Crippen LogP contribution in [-0.4, -0.2) is 29.7 Å². The number of aryl methyl sites for hydroxylation is 1. The molecule has 3 heterocycles. The van der Waals surface area contributed by atoms with E-state index < -0.39 is 18.0 Å². The van der Waals surface area contributed by atoms with Crippen molar-refractivity contribution in [3.8, 4) is 11.3 Å². The van der Waals surface area contributed by atoms with Gasteiger partial charge in [0, 0.05) is 18.0 Å². The number of benzene rings is 1. The number of nitrogens with one attached hydrogen (secondary N) is 1. The molecule has 0 saturated carbocycles. The number of halogens is 3. The summed E-state index contributed by atoms with van der Waals surface area (Å²) in [6.45, 7) is 1.67. The lowest BCUT2D eigenvalue weighted by molar-refractivity contribution is -0.137. The Kier molecular flexibility index (Phi) is 4.63. The van der Waals surface area contributed by atoms with E-state index in [0.717, 1.165) is 6.07 Å². The minimum atomic E-state index is -4.52. The van der Waals surface area contributed by atoms with Crippen molar-refractivity contribution in [3.05, 3.63) is 71.9 Å². The van der Waals surface area contributed by atoms with E-state index >= 15 is 0 Å². The van der Waals surface area contributed by atoms with Gasteiger partial charge in [0.2, 0.25) is 0 Å². The Bertz CT molecular complexity index is 1160. The molecule has 0 aliphatic rings. The van der Waals surface area contributed by atoms with Gasteiger partial charge in [0.25, 0.3) is 0 Å². The van der Waals surface area contributed by atoms with Crippen molar-refractivity contribution in [2.45, 2.75) is 19.3 Å². The van der Waals surface area contributed by atoms with Crippen LogP contribution in [0, 0.1) is 6.92 Å². The zero-order valence-corrected chi connectivity index (χ0v) is 15.1. The number of aromatic nitrogens is 5. The van der Waals surface area contributed by atoms with Crippen LogP contribution >= 0.6 is 0 Å². The van der Waals surface area contributed by atoms with Crippen molar-refractivity contribution in [2.75, 3.05) is 5.32 Å². The maximum atomic E-state index is 13.5. The molecular weight excluding hydrogens is 385 g/mol. The zero-order chi connectivity index (χ0) is 20.6. The number of fused-ring (bicyclic) bond motifs is 1. The van der Waals surface area contributed by atoms with Crippen LogP contribution in [0.4, 0.5) is 19.0 Å². The highest BCUT2D eigenvalue weighted by Crippen LogP contribution is 2.37. The van der Waals surface area contributed by atoms with Crippen LogP contribution in [-0.2, 0) is 6.18 Å². The lowest BCUT2D eigenvalue weighted by Crippen LogP contribution is -2.15. The smallest absolute Gasteiger partial charge is 0.367 e. The Morgan fingerprint density at radius 1 is 1.07 bits per heavy atom. The molecule has 0 saturated heterocycles. The van der Waals surface area contributed by atoms with Crippen molar-refractivity contribution >= 4 is 11.5 Å². The van der Waals surface area contributed by atoms with Gasteiger partial charge in [0.05, 0.1) is 17.5 Å². The van der Waals surface area contributed by atoms with Crippen molar-refractivity contribution < 1.29 is 18.3 Å². The largest absolute Gasteiger partial charge is 0.417 e. The average Bonchev–Trinajstić information content (AvgIpc) is 3.08. The normalized spacial score (nSPS) is 12.9. The predicted octanol–water partition coefficient (Wildman–Crippen LogP) is 3.62. The minimum Gasteiger partial charge on any atom is -0.367 e. The number of imidazole rings is 1. The van der Waals surface area contributed by atoms with E-state index in [2.05, 4.69) is 25.4 Å². The highest BCUT2D eigenvalue weighted by atomic mass is 19.4. The quantitative estimate of drug-likeness (QED) is 0.509. The van der Waals surface area contributed by atoms with Crippen LogP contribution in [0.25, 0.3) is 16.9 Å². The Hall–Kier alpha value is -3.53. The van der Waals surface area contributed by atoms with Gasteiger partial charge in [-0.25, -0.2) is 15.0 Å². The topological polar surface area (TPSA) is 88.2 Å². The highest BCUT2D eigenvalue weighted by Gasteiger charge is 2.34. The molecule has 0 amide bonds. The molecule has 148 valence electrons. The molecule has 0 bridgehead atoms. The van der Waals surface area contributed by atoms with E-state index in [1.165, 1.54) is 41.3 Å². The average molecular weight is 400 g/mol. The van der Waals surface area contributed by atoms with E-state index in [9.17, 15) is 18.3 Å². The molecule has 7 nitrogen and oxygen atoms in total. The number of alkyl halides is 3. The van der Waals surface area contributed by atoms with E-state index in [-0.39, 0.29) is 22.9 Å². The van der Waals surface area contributed by atoms with Gasteiger partial charge in [-0.3, -0.25) is 0 Å². The molecule has 4 rings (SSSR count). The Labute approximate surface area is 162 Å². The first-order valence-corrected chi connectivity index (χ1v) is 8.58. The second kappa shape index (κ2) is 7.13. The van der Waals surface area contributed by atoms with Gasteiger partial charge >= 0.3 is 6.18 Å². The molecule has 0 fully saturated rings. The fourth-order valence-corrected chi connectivity index (χ4v) is 2.96. The molecule has 1 aromatic carbocycles. The van der Waals surface area contributed by atoms with Gasteiger partial charge in [-0.15, -0.1) is 0 Å². The fraction of sp³-hybridized carbons (Fsp3) is 0.158. The minimum absolute atomic E-state index is 0.0361. The highest BCUT2D eigenvalue weighted by molar-refractivity contribution is 5.69. The van der Waals surface area contributed by atoms with E-state index in [1.807, 2.05) is 0 Å². The van der Waals surface area contributed by atoms with Crippen LogP contribution < -0.4 is 5.32 Å². The van der Waals surface area contributed by atoms with Gasteiger partial charge in [0.15, 0.2) is 23.5 Å². The first-order chi connectivity index (χ1) is 13.8. The molecule has 2 N–H and O–H groups in total. The summed E-state index contributed by atoms with van der Waals surface area (Å²) in [7, 11) is 0. The summed E-state index contributed by atoms with van der Waals surface area (Å²) in [4.78, 5) is 12.1. The molecule has 3 aromatic heterocycles. The second-order valence-electron chi connectivity index (χ2n) is 6.29. The Balaban J connectivity index is 1.79. The molecule has 0 spiro atoms. The summed E-state index contributed by atoms with van der Waals surface area (Å²) in [5.74, 6) is 0.419. The third kappa shape index (κ3) is 3.61. The second-order valence-corrected chi connectivity index (χ2v) is 6.29. The van der Waals surface area contributed by atoms with Gasteiger partial charge in [-0.05, 0) is 30.7 Å². The summed E-state index contributed by atoms with van der Waals surface area (Å²) < 4.78 is 41.7. The lowest BCUT2D eigenvalue weighted by atomic mass is 10.0. The first kappa shape index (κ1) is 18.8. The van der Waals surface area contributed by atoms with Gasteiger partial charge in [-0.1, -0.05) is 18.2 Å². The Morgan fingerprint density at radius 2 is 1.79 bits per heavy atom. The number of aliphatic hydroxyl groups is 1. The van der Waals surface area contributed by atoms with Crippen molar-refractivity contribution in [2.24, 2.45) is 0 Å². The molecule has 29 heavy (non-hydrogen) atoms. The lowest BCUT2D eigenvalue weighted by Gasteiger charge is -2.15. The summed E-state index contributed by atoms with van der Waals surface area (Å²) in [6, 6.07) is 8.50. The standard InChI is InChI=1S/C19H15F3N6O/c1-11-9-14-25-10-15(26-18(29)17-23-7-4-8-24-17)28(14)27-16(11)12-5-2-3-6-13(12)19(20,21)22/h2-10,18,26,29H,1H3. The van der Waals surface area contributed by atoms with Crippen LogP contribution in [0.5, 0.6) is 0 Å². The van der Waals surface area contributed by atoms with Crippen LogP contribution in [0.15, 0.2) is 55.0 Å². The van der Waals surface area contributed by atoms with E-state index in [4.69, 9.17) is 0 Å². The van der Waals surface area contributed by atoms with E-state index in [0.29, 0.717) is 11.2 Å². The van der Waals surface area contributed by atoms with Crippen molar-refractivity contribution in [1.82, 2.24) is 24.6 Å². The number of hydrogen-bond donors (Lipinski definition) is 2. The molecule has 1 unspecified atom stereocenters. The van der Waals surface area contributed by atoms with Crippen molar-refractivity contribution in [1.29, 1.82) is 0 Å². The van der Waals surface area contributed by atoms with Gasteiger partial charge in [-0.2, -0.15) is 22.8 Å². The summed E-state index contributed by atoms with van der Waals surface area (Å²) in [6.07, 6.45) is -1.38. The first-order valence-electron chi connectivity index (χ1n) is 8.58. The third-order valence-corrected chi connectivity index (χ3v) is 4.29. The molecule has 0 aliphatic carbocycles.